The van der Waals surface area contributed by atoms with E-state index in [0.29, 0.717) is 5.91 Å². The molecule has 3 aliphatic heterocycles. The van der Waals surface area contributed by atoms with Gasteiger partial charge in [-0.25, -0.2) is 0 Å². The van der Waals surface area contributed by atoms with E-state index in [1.807, 2.05) is 35.4 Å². The fourth-order valence-electron chi connectivity index (χ4n) is 5.51. The molecule has 5 rings (SSSR count). The second kappa shape index (κ2) is 7.48. The number of fused-ring (bicyclic) bond motifs is 1. The fourth-order valence-corrected chi connectivity index (χ4v) is 5.51. The van der Waals surface area contributed by atoms with Crippen LogP contribution >= 0.6 is 0 Å². The molecule has 6 nitrogen and oxygen atoms in total. The van der Waals surface area contributed by atoms with Crippen LogP contribution in [0.15, 0.2) is 30.5 Å². The number of hydrogen-bond acceptors (Lipinski definition) is 3. The van der Waals surface area contributed by atoms with E-state index >= 15 is 0 Å². The van der Waals surface area contributed by atoms with Crippen LogP contribution in [0.5, 0.6) is 0 Å². The van der Waals surface area contributed by atoms with Crippen molar-refractivity contribution in [2.45, 2.75) is 32.1 Å². The molecule has 1 aromatic heterocycles. The molecule has 0 bridgehead atoms. The van der Waals surface area contributed by atoms with Crippen molar-refractivity contribution in [2.24, 2.45) is 5.41 Å². The van der Waals surface area contributed by atoms with Crippen molar-refractivity contribution in [3.63, 3.8) is 0 Å². The van der Waals surface area contributed by atoms with Crippen LogP contribution in [-0.2, 0) is 4.79 Å². The highest BCUT2D eigenvalue weighted by molar-refractivity contribution is 5.98. The summed E-state index contributed by atoms with van der Waals surface area (Å²) in [6.07, 6.45) is 7.11. The van der Waals surface area contributed by atoms with Gasteiger partial charge in [0.25, 0.3) is 5.91 Å². The van der Waals surface area contributed by atoms with Crippen LogP contribution in [0, 0.1) is 5.41 Å². The number of nitrogens with one attached hydrogen (secondary N) is 1. The summed E-state index contributed by atoms with van der Waals surface area (Å²) < 4.78 is 0. The van der Waals surface area contributed by atoms with Gasteiger partial charge in [-0.05, 0) is 56.5 Å². The fraction of sp³-hybridized carbons (Fsp3) is 0.565. The number of hydrogen-bond donors (Lipinski definition) is 1. The topological polar surface area (TPSA) is 59.7 Å². The van der Waals surface area contributed by atoms with E-state index in [1.165, 1.54) is 12.8 Å². The number of H-pyrrole nitrogens is 1. The Morgan fingerprint density at radius 1 is 1.03 bits per heavy atom. The first-order chi connectivity index (χ1) is 14.1. The highest BCUT2D eigenvalue weighted by atomic mass is 16.2. The maximum absolute atomic E-state index is 13.1. The molecule has 1 N–H and O–H groups in total. The maximum Gasteiger partial charge on any atom is 0.253 e. The number of rotatable bonds is 4. The second-order valence-corrected chi connectivity index (χ2v) is 9.12. The van der Waals surface area contributed by atoms with Gasteiger partial charge < -0.3 is 19.7 Å². The summed E-state index contributed by atoms with van der Waals surface area (Å²) in [6, 6.07) is 7.95. The van der Waals surface area contributed by atoms with Crippen LogP contribution < -0.4 is 0 Å². The van der Waals surface area contributed by atoms with E-state index in [2.05, 4.69) is 14.8 Å². The van der Waals surface area contributed by atoms with E-state index < -0.39 is 0 Å². The predicted molar refractivity (Wildman–Crippen MR) is 113 cm³/mol. The Morgan fingerprint density at radius 3 is 2.83 bits per heavy atom. The molecule has 3 fully saturated rings. The lowest BCUT2D eigenvalue weighted by atomic mass is 9.79. The number of amides is 2. The lowest BCUT2D eigenvalue weighted by molar-refractivity contribution is -0.127. The van der Waals surface area contributed by atoms with Crippen molar-refractivity contribution in [1.82, 2.24) is 19.7 Å². The summed E-state index contributed by atoms with van der Waals surface area (Å²) in [5.41, 5.74) is 2.08. The summed E-state index contributed by atoms with van der Waals surface area (Å²) in [6.45, 7) is 6.61. The Hall–Kier alpha value is -2.34. The van der Waals surface area contributed by atoms with Gasteiger partial charge in [0.15, 0.2) is 0 Å². The quantitative estimate of drug-likeness (QED) is 0.867. The van der Waals surface area contributed by atoms with Crippen LogP contribution in [0.4, 0.5) is 0 Å². The molecule has 0 aliphatic carbocycles. The third-order valence-corrected chi connectivity index (χ3v) is 7.12. The van der Waals surface area contributed by atoms with Crippen LogP contribution in [0.25, 0.3) is 10.9 Å². The lowest BCUT2D eigenvalue weighted by Crippen LogP contribution is -2.47. The molecule has 4 heterocycles. The minimum absolute atomic E-state index is 0.157. The number of aromatic nitrogens is 1. The van der Waals surface area contributed by atoms with Gasteiger partial charge in [-0.1, -0.05) is 0 Å². The van der Waals surface area contributed by atoms with Gasteiger partial charge in [0.05, 0.1) is 0 Å². The number of benzene rings is 1. The Kier molecular flexibility index (Phi) is 4.82. The monoisotopic (exact) mass is 394 g/mol. The highest BCUT2D eigenvalue weighted by Crippen LogP contribution is 2.39. The van der Waals surface area contributed by atoms with Gasteiger partial charge in [0, 0.05) is 73.8 Å². The number of carbonyl (C=O) groups excluding carboxylic acids is 2. The summed E-state index contributed by atoms with van der Waals surface area (Å²) in [5.74, 6) is 0.471. The molecule has 2 aromatic rings. The Morgan fingerprint density at radius 2 is 1.97 bits per heavy atom. The third kappa shape index (κ3) is 3.66. The zero-order chi connectivity index (χ0) is 19.8. The van der Waals surface area contributed by atoms with Crippen LogP contribution in [-0.4, -0.2) is 77.3 Å². The molecule has 29 heavy (non-hydrogen) atoms. The molecule has 6 heteroatoms. The molecule has 154 valence electrons. The van der Waals surface area contributed by atoms with Crippen LogP contribution in [0.1, 0.15) is 42.5 Å². The largest absolute Gasteiger partial charge is 0.361 e. The van der Waals surface area contributed by atoms with Gasteiger partial charge in [-0.2, -0.15) is 0 Å². The zero-order valence-corrected chi connectivity index (χ0v) is 17.0. The first kappa shape index (κ1) is 18.7. The van der Waals surface area contributed by atoms with Gasteiger partial charge in [-0.15, -0.1) is 0 Å². The van der Waals surface area contributed by atoms with Gasteiger partial charge >= 0.3 is 0 Å². The molecular formula is C23H30N4O2. The lowest BCUT2D eigenvalue weighted by Gasteiger charge is -2.40. The average molecular weight is 395 g/mol. The number of nitrogens with zero attached hydrogens (tertiary/aromatic N) is 3. The molecule has 1 aromatic carbocycles. The molecular weight excluding hydrogens is 364 g/mol. The van der Waals surface area contributed by atoms with Gasteiger partial charge in [0.1, 0.15) is 0 Å². The molecule has 3 saturated heterocycles. The standard InChI is InChI=1S/C23H30N4O2/c28-21-3-1-11-26(21)14-13-25-10-2-7-23(16-25)8-12-27(17-23)22(29)19-4-5-20-18(15-19)6-9-24-20/h4-6,9,15,24H,1-3,7-8,10-14,16-17H2. The van der Waals surface area contributed by atoms with E-state index in [0.717, 1.165) is 81.5 Å². The normalized spacial score (nSPS) is 25.6. The number of aromatic amines is 1. The predicted octanol–water partition coefficient (Wildman–Crippen LogP) is 2.72. The number of piperidine rings is 1. The molecule has 1 atom stereocenters. The van der Waals surface area contributed by atoms with Crippen molar-refractivity contribution in [3.8, 4) is 0 Å². The zero-order valence-electron chi connectivity index (χ0n) is 17.0. The van der Waals surface area contributed by atoms with E-state index in [-0.39, 0.29) is 11.3 Å². The van der Waals surface area contributed by atoms with Crippen molar-refractivity contribution in [2.75, 3.05) is 45.8 Å². The van der Waals surface area contributed by atoms with Gasteiger partial charge in [-0.3, -0.25) is 9.59 Å². The summed E-state index contributed by atoms with van der Waals surface area (Å²) in [7, 11) is 0. The average Bonchev–Trinajstić information content (AvgIpc) is 3.46. The van der Waals surface area contributed by atoms with E-state index in [1.54, 1.807) is 0 Å². The van der Waals surface area contributed by atoms with Crippen molar-refractivity contribution >= 4 is 22.7 Å². The SMILES string of the molecule is O=C1CCCN1CCN1CCCC2(CCN(C(=O)c3ccc4[nH]ccc4c3)C2)C1. The van der Waals surface area contributed by atoms with Crippen molar-refractivity contribution < 1.29 is 9.59 Å². The number of likely N-dealkylation sites (tertiary alicyclic amines) is 3. The number of carbonyl (C=O) groups is 2. The van der Waals surface area contributed by atoms with E-state index in [4.69, 9.17) is 0 Å². The Labute approximate surface area is 171 Å². The Balaban J connectivity index is 1.21. The first-order valence-electron chi connectivity index (χ1n) is 11.0. The third-order valence-electron chi connectivity index (χ3n) is 7.12. The van der Waals surface area contributed by atoms with Gasteiger partial charge in [0.2, 0.25) is 5.91 Å². The van der Waals surface area contributed by atoms with E-state index in [9.17, 15) is 9.59 Å². The van der Waals surface area contributed by atoms with Crippen LogP contribution in [0.3, 0.4) is 0 Å². The summed E-state index contributed by atoms with van der Waals surface area (Å²) in [4.78, 5) is 34.8. The summed E-state index contributed by atoms with van der Waals surface area (Å²) in [5, 5.41) is 1.09. The summed E-state index contributed by atoms with van der Waals surface area (Å²) >= 11 is 0. The molecule has 0 radical (unpaired) electrons. The van der Waals surface area contributed by atoms with Crippen molar-refractivity contribution in [3.05, 3.63) is 36.0 Å². The molecule has 2 amide bonds. The van der Waals surface area contributed by atoms with Crippen molar-refractivity contribution in [1.29, 1.82) is 0 Å². The van der Waals surface area contributed by atoms with Crippen LogP contribution in [0.2, 0.25) is 0 Å². The maximum atomic E-state index is 13.1. The minimum atomic E-state index is 0.157. The molecule has 0 saturated carbocycles. The molecule has 3 aliphatic rings. The smallest absolute Gasteiger partial charge is 0.253 e. The molecule has 1 unspecified atom stereocenters. The highest BCUT2D eigenvalue weighted by Gasteiger charge is 2.42. The minimum Gasteiger partial charge on any atom is -0.361 e. The second-order valence-electron chi connectivity index (χ2n) is 9.12. The Bertz CT molecular complexity index is 922. The first-order valence-corrected chi connectivity index (χ1v) is 11.0. The molecule has 1 spiro atoms.